The summed E-state index contributed by atoms with van der Waals surface area (Å²) in [4.78, 5) is 2.05. The molecule has 2 aromatic carbocycles. The molecule has 0 fully saturated rings. The first-order valence-corrected chi connectivity index (χ1v) is 8.01. The third kappa shape index (κ3) is 3.44. The Morgan fingerprint density at radius 2 is 1.92 bits per heavy atom. The normalized spacial score (nSPS) is 11.1. The Kier molecular flexibility index (Phi) is 4.57. The first-order chi connectivity index (χ1) is 11.5. The Balaban J connectivity index is 1.95. The number of hydrogen-bond acceptors (Lipinski definition) is 4. The van der Waals surface area contributed by atoms with Crippen LogP contribution in [0.1, 0.15) is 11.1 Å². The van der Waals surface area contributed by atoms with Crippen LogP contribution < -0.4 is 4.90 Å². The van der Waals surface area contributed by atoms with Gasteiger partial charge in [0.2, 0.25) is 4.77 Å². The fraction of sp³-hybridized carbons (Fsp3) is 0.167. The minimum absolute atomic E-state index is 0.464. The molecule has 1 N–H and O–H groups in total. The van der Waals surface area contributed by atoms with Gasteiger partial charge in [0.1, 0.15) is 0 Å². The van der Waals surface area contributed by atoms with Crippen molar-refractivity contribution in [1.82, 2.24) is 14.9 Å². The predicted molar refractivity (Wildman–Crippen MR) is 101 cm³/mol. The first kappa shape index (κ1) is 16.1. The second kappa shape index (κ2) is 6.80. The highest BCUT2D eigenvalue weighted by Gasteiger charge is 2.08. The van der Waals surface area contributed by atoms with Crippen LogP contribution in [-0.4, -0.2) is 35.2 Å². The summed E-state index contributed by atoms with van der Waals surface area (Å²) in [7, 11) is 4.02. The molecule has 0 atom stereocenters. The lowest BCUT2D eigenvalue weighted by Crippen LogP contribution is -2.08. The van der Waals surface area contributed by atoms with E-state index >= 15 is 0 Å². The molecular weight excluding hydrogens is 318 g/mol. The summed E-state index contributed by atoms with van der Waals surface area (Å²) in [5, 5.41) is 11.6. The van der Waals surface area contributed by atoms with Crippen molar-refractivity contribution in [2.75, 3.05) is 19.0 Å². The minimum Gasteiger partial charge on any atom is -0.378 e. The van der Waals surface area contributed by atoms with E-state index < -0.39 is 0 Å². The van der Waals surface area contributed by atoms with Crippen molar-refractivity contribution in [3.05, 3.63) is 64.4 Å². The zero-order valence-electron chi connectivity index (χ0n) is 13.9. The van der Waals surface area contributed by atoms with Crippen molar-refractivity contribution in [3.63, 3.8) is 0 Å². The topological polar surface area (TPSA) is 49.2 Å². The van der Waals surface area contributed by atoms with Gasteiger partial charge in [-0.25, -0.2) is 5.10 Å². The highest BCUT2D eigenvalue weighted by molar-refractivity contribution is 7.71. The zero-order chi connectivity index (χ0) is 17.1. The Labute approximate surface area is 146 Å². The lowest BCUT2D eigenvalue weighted by atomic mass is 10.2. The van der Waals surface area contributed by atoms with E-state index in [-0.39, 0.29) is 0 Å². The molecule has 3 rings (SSSR count). The second-order valence-electron chi connectivity index (χ2n) is 5.76. The fourth-order valence-electron chi connectivity index (χ4n) is 2.37. The molecule has 3 aromatic rings. The molecule has 5 nitrogen and oxygen atoms in total. The Hall–Kier alpha value is -2.73. The zero-order valence-corrected chi connectivity index (χ0v) is 14.7. The number of aromatic nitrogens is 3. The molecule has 0 aliphatic rings. The van der Waals surface area contributed by atoms with Gasteiger partial charge in [0.25, 0.3) is 0 Å². The minimum atomic E-state index is 0.464. The molecule has 0 saturated heterocycles. The smallest absolute Gasteiger partial charge is 0.216 e. The Morgan fingerprint density at radius 1 is 1.17 bits per heavy atom. The number of anilines is 1. The van der Waals surface area contributed by atoms with Crippen molar-refractivity contribution in [2.45, 2.75) is 6.92 Å². The third-order valence-electron chi connectivity index (χ3n) is 3.66. The monoisotopic (exact) mass is 337 g/mol. The van der Waals surface area contributed by atoms with E-state index in [1.54, 1.807) is 10.9 Å². The quantitative estimate of drug-likeness (QED) is 0.581. The van der Waals surface area contributed by atoms with Crippen LogP contribution in [0.15, 0.2) is 53.6 Å². The average molecular weight is 337 g/mol. The summed E-state index contributed by atoms with van der Waals surface area (Å²) < 4.78 is 2.10. The maximum Gasteiger partial charge on any atom is 0.216 e. The fourth-order valence-corrected chi connectivity index (χ4v) is 2.55. The van der Waals surface area contributed by atoms with Crippen LogP contribution >= 0.6 is 12.2 Å². The molecule has 0 bridgehead atoms. The van der Waals surface area contributed by atoms with Gasteiger partial charge < -0.3 is 4.90 Å². The Bertz CT molecular complexity index is 919. The van der Waals surface area contributed by atoms with Crippen LogP contribution in [0.25, 0.3) is 11.4 Å². The molecular formula is C18H19N5S. The van der Waals surface area contributed by atoms with Gasteiger partial charge in [0, 0.05) is 25.3 Å². The van der Waals surface area contributed by atoms with Gasteiger partial charge in [0.15, 0.2) is 5.82 Å². The van der Waals surface area contributed by atoms with Crippen molar-refractivity contribution < 1.29 is 0 Å². The van der Waals surface area contributed by atoms with Crippen LogP contribution in [0.5, 0.6) is 0 Å². The highest BCUT2D eigenvalue weighted by atomic mass is 32.1. The van der Waals surface area contributed by atoms with Gasteiger partial charge in [0.05, 0.1) is 6.21 Å². The van der Waals surface area contributed by atoms with Crippen LogP contribution in [0, 0.1) is 11.7 Å². The molecule has 24 heavy (non-hydrogen) atoms. The van der Waals surface area contributed by atoms with Crippen molar-refractivity contribution in [3.8, 4) is 11.4 Å². The number of rotatable bonds is 4. The van der Waals surface area contributed by atoms with Gasteiger partial charge in [-0.05, 0) is 49.0 Å². The maximum absolute atomic E-state index is 5.30. The van der Waals surface area contributed by atoms with E-state index in [9.17, 15) is 0 Å². The maximum atomic E-state index is 5.30. The van der Waals surface area contributed by atoms with Gasteiger partial charge >= 0.3 is 0 Å². The lowest BCUT2D eigenvalue weighted by molar-refractivity contribution is 0.871. The SMILES string of the molecule is Cc1cccc(C=Nn2c(-c3ccc(N(C)C)cc3)n[nH]c2=S)c1. The van der Waals surface area contributed by atoms with Crippen molar-refractivity contribution in [1.29, 1.82) is 0 Å². The first-order valence-electron chi connectivity index (χ1n) is 7.61. The molecule has 0 amide bonds. The summed E-state index contributed by atoms with van der Waals surface area (Å²) in [5.41, 5.74) is 4.29. The molecule has 6 heteroatoms. The molecule has 0 saturated carbocycles. The van der Waals surface area contributed by atoms with Gasteiger partial charge in [-0.2, -0.15) is 14.9 Å². The summed E-state index contributed by atoms with van der Waals surface area (Å²) in [6.45, 7) is 2.05. The molecule has 0 aliphatic carbocycles. The summed E-state index contributed by atoms with van der Waals surface area (Å²) in [6, 6.07) is 16.2. The molecule has 0 unspecified atom stereocenters. The highest BCUT2D eigenvalue weighted by Crippen LogP contribution is 2.21. The van der Waals surface area contributed by atoms with E-state index in [0.29, 0.717) is 10.6 Å². The number of H-pyrrole nitrogens is 1. The molecule has 122 valence electrons. The lowest BCUT2D eigenvalue weighted by Gasteiger charge is -2.12. The van der Waals surface area contributed by atoms with Crippen LogP contribution in [0.2, 0.25) is 0 Å². The molecule has 0 aliphatic heterocycles. The molecule has 1 heterocycles. The van der Waals surface area contributed by atoms with E-state index in [2.05, 4.69) is 39.3 Å². The molecule has 0 radical (unpaired) electrons. The third-order valence-corrected chi connectivity index (χ3v) is 3.92. The van der Waals surface area contributed by atoms with Crippen molar-refractivity contribution in [2.24, 2.45) is 5.10 Å². The van der Waals surface area contributed by atoms with Crippen molar-refractivity contribution >= 4 is 24.1 Å². The number of hydrogen-bond donors (Lipinski definition) is 1. The second-order valence-corrected chi connectivity index (χ2v) is 6.15. The summed E-state index contributed by atoms with van der Waals surface area (Å²) >= 11 is 5.30. The van der Waals surface area contributed by atoms with Gasteiger partial charge in [-0.1, -0.05) is 29.8 Å². The van der Waals surface area contributed by atoms with E-state index in [1.807, 2.05) is 50.5 Å². The molecule has 1 aromatic heterocycles. The summed E-state index contributed by atoms with van der Waals surface area (Å²) in [6.07, 6.45) is 1.79. The average Bonchev–Trinajstić information content (AvgIpc) is 2.94. The number of benzene rings is 2. The summed E-state index contributed by atoms with van der Waals surface area (Å²) in [5.74, 6) is 0.689. The number of nitrogens with zero attached hydrogens (tertiary/aromatic N) is 4. The standard InChI is InChI=1S/C18H19N5S/c1-13-5-4-6-14(11-13)12-19-23-17(20-21-18(23)24)15-7-9-16(10-8-15)22(2)3/h4-12H,1-3H3,(H,21,24). The van der Waals surface area contributed by atoms with Gasteiger partial charge in [-0.15, -0.1) is 0 Å². The Morgan fingerprint density at radius 3 is 2.58 bits per heavy atom. The molecule has 0 spiro atoms. The van der Waals surface area contributed by atoms with Gasteiger partial charge in [-0.3, -0.25) is 0 Å². The van der Waals surface area contributed by atoms with E-state index in [1.165, 1.54) is 5.56 Å². The predicted octanol–water partition coefficient (Wildman–Crippen LogP) is 3.86. The van der Waals surface area contributed by atoms with Crippen LogP contribution in [-0.2, 0) is 0 Å². The van der Waals surface area contributed by atoms with Crippen LogP contribution in [0.4, 0.5) is 5.69 Å². The number of aromatic amines is 1. The number of aryl methyl sites for hydroxylation is 1. The van der Waals surface area contributed by atoms with E-state index in [0.717, 1.165) is 16.8 Å². The van der Waals surface area contributed by atoms with Crippen LogP contribution in [0.3, 0.4) is 0 Å². The largest absolute Gasteiger partial charge is 0.378 e. The number of nitrogens with one attached hydrogen (secondary N) is 1. The van der Waals surface area contributed by atoms with E-state index in [4.69, 9.17) is 12.2 Å².